The fourth-order valence-corrected chi connectivity index (χ4v) is 2.65. The van der Waals surface area contributed by atoms with Crippen molar-refractivity contribution >= 4 is 11.0 Å². The van der Waals surface area contributed by atoms with Crippen molar-refractivity contribution in [1.29, 1.82) is 0 Å². The summed E-state index contributed by atoms with van der Waals surface area (Å²) in [6.07, 6.45) is 0. The smallest absolute Gasteiger partial charge is 0.126 e. The molecular weight excluding hydrogens is 274 g/mol. The third-order valence-electron chi connectivity index (χ3n) is 3.85. The summed E-state index contributed by atoms with van der Waals surface area (Å²) < 4.78 is 7.47. The fourth-order valence-electron chi connectivity index (χ4n) is 2.65. The van der Waals surface area contributed by atoms with E-state index in [2.05, 4.69) is 35.8 Å². The molecule has 3 aromatic rings. The molecule has 114 valence electrons. The van der Waals surface area contributed by atoms with Gasteiger partial charge in [-0.3, -0.25) is 0 Å². The van der Waals surface area contributed by atoms with Gasteiger partial charge in [0.2, 0.25) is 0 Å². The number of aromatic nitrogens is 2. The second-order valence-electron chi connectivity index (χ2n) is 5.69. The molecule has 1 atom stereocenters. The number of methoxy groups -OCH3 is 1. The van der Waals surface area contributed by atoms with E-state index in [1.165, 1.54) is 11.1 Å². The van der Waals surface area contributed by atoms with Crippen LogP contribution in [-0.2, 0) is 6.54 Å². The minimum atomic E-state index is -0.121. The van der Waals surface area contributed by atoms with Crippen LogP contribution in [0.2, 0.25) is 0 Å². The van der Waals surface area contributed by atoms with Gasteiger partial charge < -0.3 is 15.0 Å². The van der Waals surface area contributed by atoms with Gasteiger partial charge in [0.15, 0.2) is 0 Å². The largest absolute Gasteiger partial charge is 0.497 e. The highest BCUT2D eigenvalue weighted by atomic mass is 16.5. The van der Waals surface area contributed by atoms with E-state index in [0.29, 0.717) is 0 Å². The van der Waals surface area contributed by atoms with Gasteiger partial charge >= 0.3 is 0 Å². The molecule has 0 amide bonds. The molecule has 0 fully saturated rings. The lowest BCUT2D eigenvalue weighted by molar-refractivity contribution is 0.415. The molecular formula is C18H21N3O. The first kappa shape index (κ1) is 14.6. The normalized spacial score (nSPS) is 12.5. The van der Waals surface area contributed by atoms with Crippen LogP contribution in [0, 0.1) is 6.92 Å². The average Bonchev–Trinajstić information content (AvgIpc) is 2.87. The lowest BCUT2D eigenvalue weighted by Crippen LogP contribution is -2.14. The number of nitrogens with two attached hydrogens (primary N) is 1. The van der Waals surface area contributed by atoms with Gasteiger partial charge in [-0.25, -0.2) is 4.98 Å². The average molecular weight is 295 g/mol. The molecule has 0 radical (unpaired) electrons. The summed E-state index contributed by atoms with van der Waals surface area (Å²) in [5.74, 6) is 1.70. The Labute approximate surface area is 130 Å². The quantitative estimate of drug-likeness (QED) is 0.802. The summed E-state index contributed by atoms with van der Waals surface area (Å²) >= 11 is 0. The topological polar surface area (TPSA) is 53.1 Å². The molecule has 4 heteroatoms. The predicted molar refractivity (Wildman–Crippen MR) is 89.2 cm³/mol. The van der Waals surface area contributed by atoms with E-state index in [9.17, 15) is 0 Å². The summed E-state index contributed by atoms with van der Waals surface area (Å²) in [6, 6.07) is 14.4. The Hall–Kier alpha value is -2.33. The maximum atomic E-state index is 6.11. The highest BCUT2D eigenvalue weighted by Gasteiger charge is 2.14. The lowest BCUT2D eigenvalue weighted by atomic mass is 10.1. The van der Waals surface area contributed by atoms with Crippen LogP contribution in [0.4, 0.5) is 0 Å². The molecule has 0 saturated heterocycles. The number of ether oxygens (including phenoxy) is 1. The summed E-state index contributed by atoms with van der Waals surface area (Å²) in [4.78, 5) is 4.69. The van der Waals surface area contributed by atoms with Crippen LogP contribution >= 0.6 is 0 Å². The van der Waals surface area contributed by atoms with Crippen molar-refractivity contribution in [3.8, 4) is 5.75 Å². The molecule has 0 aliphatic rings. The number of fused-ring (bicyclic) bond motifs is 1. The standard InChI is InChI=1S/C18H21N3O/c1-12-4-6-14(7-5-12)11-21-17-9-8-15(22-3)10-16(17)20-18(21)13(2)19/h4-10,13H,11,19H2,1-3H3. The van der Waals surface area contributed by atoms with Crippen molar-refractivity contribution in [2.24, 2.45) is 5.73 Å². The second-order valence-corrected chi connectivity index (χ2v) is 5.69. The number of rotatable bonds is 4. The molecule has 22 heavy (non-hydrogen) atoms. The third kappa shape index (κ3) is 2.70. The summed E-state index contributed by atoms with van der Waals surface area (Å²) in [5.41, 5.74) is 10.6. The minimum Gasteiger partial charge on any atom is -0.497 e. The number of nitrogens with zero attached hydrogens (tertiary/aromatic N) is 2. The van der Waals surface area contributed by atoms with Gasteiger partial charge in [-0.1, -0.05) is 29.8 Å². The summed E-state index contributed by atoms with van der Waals surface area (Å²) in [6.45, 7) is 4.82. The van der Waals surface area contributed by atoms with Gasteiger partial charge in [-0.15, -0.1) is 0 Å². The molecule has 2 aromatic carbocycles. The van der Waals surface area contributed by atoms with E-state index in [4.69, 9.17) is 15.5 Å². The van der Waals surface area contributed by atoms with E-state index in [1.54, 1.807) is 7.11 Å². The molecule has 0 aliphatic heterocycles. The molecule has 3 rings (SSSR count). The first-order valence-electron chi connectivity index (χ1n) is 7.44. The molecule has 0 spiro atoms. The van der Waals surface area contributed by atoms with E-state index in [1.807, 2.05) is 25.1 Å². The van der Waals surface area contributed by atoms with Crippen LogP contribution in [0.1, 0.15) is 29.9 Å². The van der Waals surface area contributed by atoms with Crippen LogP contribution in [0.5, 0.6) is 5.75 Å². The van der Waals surface area contributed by atoms with Gasteiger partial charge in [-0.2, -0.15) is 0 Å². The number of hydrogen-bond donors (Lipinski definition) is 1. The molecule has 0 bridgehead atoms. The zero-order valence-electron chi connectivity index (χ0n) is 13.2. The van der Waals surface area contributed by atoms with Crippen molar-refractivity contribution in [2.45, 2.75) is 26.4 Å². The van der Waals surface area contributed by atoms with Crippen molar-refractivity contribution in [1.82, 2.24) is 9.55 Å². The van der Waals surface area contributed by atoms with Crippen molar-refractivity contribution in [2.75, 3.05) is 7.11 Å². The summed E-state index contributed by atoms with van der Waals surface area (Å²) in [7, 11) is 1.66. The number of imidazole rings is 1. The van der Waals surface area contributed by atoms with Crippen LogP contribution in [0.3, 0.4) is 0 Å². The monoisotopic (exact) mass is 295 g/mol. The Bertz CT molecular complexity index is 788. The van der Waals surface area contributed by atoms with E-state index in [-0.39, 0.29) is 6.04 Å². The second kappa shape index (κ2) is 5.81. The molecule has 0 saturated carbocycles. The first-order chi connectivity index (χ1) is 10.6. The molecule has 1 unspecified atom stereocenters. The van der Waals surface area contributed by atoms with Crippen molar-refractivity contribution < 1.29 is 4.74 Å². The molecule has 2 N–H and O–H groups in total. The van der Waals surface area contributed by atoms with Crippen LogP contribution < -0.4 is 10.5 Å². The van der Waals surface area contributed by atoms with Gasteiger partial charge in [0, 0.05) is 12.6 Å². The highest BCUT2D eigenvalue weighted by molar-refractivity contribution is 5.78. The number of benzene rings is 2. The zero-order valence-corrected chi connectivity index (χ0v) is 13.2. The van der Waals surface area contributed by atoms with E-state index >= 15 is 0 Å². The van der Waals surface area contributed by atoms with Gasteiger partial charge in [0.1, 0.15) is 11.6 Å². The number of aryl methyl sites for hydroxylation is 1. The van der Waals surface area contributed by atoms with Gasteiger partial charge in [-0.05, 0) is 31.5 Å². The maximum Gasteiger partial charge on any atom is 0.126 e. The Morgan fingerprint density at radius 1 is 1.18 bits per heavy atom. The predicted octanol–water partition coefficient (Wildman–Crippen LogP) is 3.42. The van der Waals surface area contributed by atoms with Crippen LogP contribution in [-0.4, -0.2) is 16.7 Å². The van der Waals surface area contributed by atoms with Gasteiger partial charge in [0.05, 0.1) is 24.2 Å². The Morgan fingerprint density at radius 3 is 2.55 bits per heavy atom. The summed E-state index contributed by atoms with van der Waals surface area (Å²) in [5, 5.41) is 0. The maximum absolute atomic E-state index is 6.11. The Balaban J connectivity index is 2.09. The fraction of sp³-hybridized carbons (Fsp3) is 0.278. The molecule has 4 nitrogen and oxygen atoms in total. The van der Waals surface area contributed by atoms with Crippen LogP contribution in [0.25, 0.3) is 11.0 Å². The number of hydrogen-bond acceptors (Lipinski definition) is 3. The molecule has 1 heterocycles. The first-order valence-corrected chi connectivity index (χ1v) is 7.44. The molecule has 0 aliphatic carbocycles. The Kier molecular flexibility index (Phi) is 3.86. The Morgan fingerprint density at radius 2 is 1.91 bits per heavy atom. The van der Waals surface area contributed by atoms with Crippen molar-refractivity contribution in [3.63, 3.8) is 0 Å². The lowest BCUT2D eigenvalue weighted by Gasteiger charge is -2.12. The van der Waals surface area contributed by atoms with Gasteiger partial charge in [0.25, 0.3) is 0 Å². The van der Waals surface area contributed by atoms with Crippen molar-refractivity contribution in [3.05, 3.63) is 59.4 Å². The highest BCUT2D eigenvalue weighted by Crippen LogP contribution is 2.25. The molecule has 1 aromatic heterocycles. The minimum absolute atomic E-state index is 0.121. The third-order valence-corrected chi connectivity index (χ3v) is 3.85. The SMILES string of the molecule is COc1ccc2c(c1)nc(C(C)N)n2Cc1ccc(C)cc1. The zero-order chi connectivity index (χ0) is 15.7. The van der Waals surface area contributed by atoms with E-state index in [0.717, 1.165) is 29.2 Å². The van der Waals surface area contributed by atoms with Crippen LogP contribution in [0.15, 0.2) is 42.5 Å². The van der Waals surface area contributed by atoms with E-state index < -0.39 is 0 Å².